The second-order valence-corrected chi connectivity index (χ2v) is 6.26. The molecule has 0 aliphatic rings. The normalized spacial score (nSPS) is 10.3. The Bertz CT molecular complexity index is 746. The minimum Gasteiger partial charge on any atom is -0.332 e. The van der Waals surface area contributed by atoms with E-state index in [9.17, 15) is 9.59 Å². The fourth-order valence-corrected chi connectivity index (χ4v) is 2.48. The first-order valence-corrected chi connectivity index (χ1v) is 7.90. The fourth-order valence-electron chi connectivity index (χ4n) is 2.11. The summed E-state index contributed by atoms with van der Waals surface area (Å²) in [6.45, 7) is 3.91. The smallest absolute Gasteiger partial charge is 0.255 e. The third kappa shape index (κ3) is 4.39. The minimum atomic E-state index is -0.255. The molecule has 0 fully saturated rings. The number of anilines is 1. The van der Waals surface area contributed by atoms with Crippen molar-refractivity contribution in [3.63, 3.8) is 0 Å². The van der Waals surface area contributed by atoms with Crippen LogP contribution in [0.5, 0.6) is 0 Å². The zero-order valence-corrected chi connectivity index (χ0v) is 14.8. The summed E-state index contributed by atoms with van der Waals surface area (Å²) in [5.74, 6) is -0.493. The molecular weight excluding hydrogens is 358 g/mol. The van der Waals surface area contributed by atoms with Crippen LogP contribution >= 0.6 is 15.9 Å². The zero-order chi connectivity index (χ0) is 17.0. The van der Waals surface area contributed by atoms with Crippen LogP contribution in [-0.4, -0.2) is 35.3 Å². The Balaban J connectivity index is 2.02. The van der Waals surface area contributed by atoms with Gasteiger partial charge in [-0.2, -0.15) is 0 Å². The molecule has 0 aliphatic heterocycles. The maximum atomic E-state index is 12.3. The fraction of sp³-hybridized carbons (Fsp3) is 0.235. The number of hydrogen-bond acceptors (Lipinski definition) is 3. The first-order valence-electron chi connectivity index (χ1n) is 7.10. The molecule has 0 spiro atoms. The number of pyridine rings is 1. The standard InChI is InChI=1S/C17H18BrN3O2/c1-11-5-4-6-15(12(11)2)20-16(22)10-21(3)17(23)13-7-14(18)9-19-8-13/h4-9H,10H2,1-3H3,(H,20,22). The molecule has 0 saturated carbocycles. The molecule has 0 radical (unpaired) electrons. The van der Waals surface area contributed by atoms with E-state index in [0.717, 1.165) is 21.3 Å². The van der Waals surface area contributed by atoms with Crippen molar-refractivity contribution >= 4 is 33.4 Å². The average Bonchev–Trinajstić information content (AvgIpc) is 2.51. The molecule has 0 aliphatic carbocycles. The minimum absolute atomic E-state index is 0.0290. The van der Waals surface area contributed by atoms with E-state index in [-0.39, 0.29) is 18.4 Å². The maximum absolute atomic E-state index is 12.3. The highest BCUT2D eigenvalue weighted by Crippen LogP contribution is 2.18. The Morgan fingerprint density at radius 3 is 2.70 bits per heavy atom. The summed E-state index contributed by atoms with van der Waals surface area (Å²) in [4.78, 5) is 29.8. The number of halogens is 1. The highest BCUT2D eigenvalue weighted by molar-refractivity contribution is 9.10. The number of carbonyl (C=O) groups excluding carboxylic acids is 2. The molecule has 2 amide bonds. The van der Waals surface area contributed by atoms with Gasteiger partial charge in [-0.05, 0) is 53.0 Å². The van der Waals surface area contributed by atoms with Crippen molar-refractivity contribution in [2.24, 2.45) is 0 Å². The zero-order valence-electron chi connectivity index (χ0n) is 13.3. The van der Waals surface area contributed by atoms with E-state index >= 15 is 0 Å². The Morgan fingerprint density at radius 2 is 2.00 bits per heavy atom. The molecule has 1 heterocycles. The summed E-state index contributed by atoms with van der Waals surface area (Å²) in [6.07, 6.45) is 3.08. The first kappa shape index (κ1) is 17.1. The average molecular weight is 376 g/mol. The number of nitrogens with one attached hydrogen (secondary N) is 1. The van der Waals surface area contributed by atoms with Gasteiger partial charge in [0.1, 0.15) is 0 Å². The molecule has 2 aromatic rings. The molecule has 0 atom stereocenters. The lowest BCUT2D eigenvalue weighted by atomic mass is 10.1. The molecule has 1 N–H and O–H groups in total. The Hall–Kier alpha value is -2.21. The van der Waals surface area contributed by atoms with Gasteiger partial charge >= 0.3 is 0 Å². The summed E-state index contributed by atoms with van der Waals surface area (Å²) in [5, 5.41) is 2.84. The van der Waals surface area contributed by atoms with Gasteiger partial charge in [0.25, 0.3) is 5.91 Å². The van der Waals surface area contributed by atoms with E-state index in [2.05, 4.69) is 26.2 Å². The van der Waals surface area contributed by atoms with Gasteiger partial charge < -0.3 is 10.2 Å². The molecule has 1 aromatic heterocycles. The number of rotatable bonds is 4. The lowest BCUT2D eigenvalue weighted by Gasteiger charge is -2.17. The van der Waals surface area contributed by atoms with Gasteiger partial charge in [-0.25, -0.2) is 0 Å². The number of hydrogen-bond donors (Lipinski definition) is 1. The molecule has 1 aromatic carbocycles. The predicted octanol–water partition coefficient (Wildman–Crippen LogP) is 3.17. The molecule has 0 saturated heterocycles. The number of aromatic nitrogens is 1. The number of benzene rings is 1. The SMILES string of the molecule is Cc1cccc(NC(=O)CN(C)C(=O)c2cncc(Br)c2)c1C. The summed E-state index contributed by atoms with van der Waals surface area (Å²) in [6, 6.07) is 7.40. The van der Waals surface area contributed by atoms with Gasteiger partial charge in [0, 0.05) is 29.6 Å². The van der Waals surface area contributed by atoms with Gasteiger partial charge in [-0.3, -0.25) is 14.6 Å². The molecule has 120 valence electrons. The summed E-state index contributed by atoms with van der Waals surface area (Å²) < 4.78 is 0.719. The molecule has 2 rings (SSSR count). The van der Waals surface area contributed by atoms with Crippen molar-refractivity contribution in [3.8, 4) is 0 Å². The van der Waals surface area contributed by atoms with Crippen LogP contribution in [-0.2, 0) is 4.79 Å². The first-order chi connectivity index (χ1) is 10.9. The van der Waals surface area contributed by atoms with Crippen LogP contribution in [0.2, 0.25) is 0 Å². The van der Waals surface area contributed by atoms with Gasteiger partial charge in [-0.1, -0.05) is 12.1 Å². The van der Waals surface area contributed by atoms with E-state index in [1.54, 1.807) is 19.3 Å². The van der Waals surface area contributed by atoms with Crippen LogP contribution in [0.25, 0.3) is 0 Å². The van der Waals surface area contributed by atoms with Crippen LogP contribution in [0.15, 0.2) is 41.1 Å². The third-order valence-electron chi connectivity index (χ3n) is 3.56. The lowest BCUT2D eigenvalue weighted by molar-refractivity contribution is -0.116. The summed E-state index contributed by atoms with van der Waals surface area (Å²) in [7, 11) is 1.59. The Morgan fingerprint density at radius 1 is 1.26 bits per heavy atom. The van der Waals surface area contributed by atoms with Gasteiger partial charge in [0.2, 0.25) is 5.91 Å². The van der Waals surface area contributed by atoms with E-state index in [1.807, 2.05) is 32.0 Å². The van der Waals surface area contributed by atoms with Gasteiger partial charge in [0.15, 0.2) is 0 Å². The third-order valence-corrected chi connectivity index (χ3v) is 3.99. The molecule has 5 nitrogen and oxygen atoms in total. The van der Waals surface area contributed by atoms with Crippen LogP contribution < -0.4 is 5.32 Å². The van der Waals surface area contributed by atoms with E-state index in [0.29, 0.717) is 5.56 Å². The molecule has 0 bridgehead atoms. The molecular formula is C17H18BrN3O2. The highest BCUT2D eigenvalue weighted by Gasteiger charge is 2.16. The van der Waals surface area contributed by atoms with Crippen molar-refractivity contribution in [2.45, 2.75) is 13.8 Å². The second kappa shape index (κ2) is 7.37. The van der Waals surface area contributed by atoms with Gasteiger partial charge in [0.05, 0.1) is 12.1 Å². The molecule has 23 heavy (non-hydrogen) atoms. The van der Waals surface area contributed by atoms with Crippen LogP contribution in [0.3, 0.4) is 0 Å². The van der Waals surface area contributed by atoms with Crippen LogP contribution in [0.1, 0.15) is 21.5 Å². The number of amides is 2. The quantitative estimate of drug-likeness (QED) is 0.892. The van der Waals surface area contributed by atoms with Crippen molar-refractivity contribution in [1.82, 2.24) is 9.88 Å². The Labute approximate surface area is 143 Å². The van der Waals surface area contributed by atoms with Crippen LogP contribution in [0.4, 0.5) is 5.69 Å². The maximum Gasteiger partial charge on any atom is 0.255 e. The van der Waals surface area contributed by atoms with Crippen molar-refractivity contribution in [2.75, 3.05) is 18.9 Å². The number of nitrogens with zero attached hydrogens (tertiary/aromatic N) is 2. The van der Waals surface area contributed by atoms with E-state index in [1.165, 1.54) is 11.1 Å². The lowest BCUT2D eigenvalue weighted by Crippen LogP contribution is -2.35. The topological polar surface area (TPSA) is 62.3 Å². The second-order valence-electron chi connectivity index (χ2n) is 5.35. The largest absolute Gasteiger partial charge is 0.332 e. The monoisotopic (exact) mass is 375 g/mol. The van der Waals surface area contributed by atoms with Crippen molar-refractivity contribution in [3.05, 3.63) is 57.8 Å². The van der Waals surface area contributed by atoms with E-state index < -0.39 is 0 Å². The summed E-state index contributed by atoms with van der Waals surface area (Å²) >= 11 is 3.28. The summed E-state index contributed by atoms with van der Waals surface area (Å²) in [5.41, 5.74) is 3.32. The highest BCUT2D eigenvalue weighted by atomic mass is 79.9. The number of carbonyl (C=O) groups is 2. The predicted molar refractivity (Wildman–Crippen MR) is 93.4 cm³/mol. The number of aryl methyl sites for hydroxylation is 1. The number of likely N-dealkylation sites (N-methyl/N-ethyl adjacent to an activating group) is 1. The van der Waals surface area contributed by atoms with Gasteiger partial charge in [-0.15, -0.1) is 0 Å². The molecule has 0 unspecified atom stereocenters. The van der Waals surface area contributed by atoms with Crippen molar-refractivity contribution < 1.29 is 9.59 Å². The van der Waals surface area contributed by atoms with Crippen molar-refractivity contribution in [1.29, 1.82) is 0 Å². The Kier molecular flexibility index (Phi) is 5.50. The van der Waals surface area contributed by atoms with E-state index in [4.69, 9.17) is 0 Å². The van der Waals surface area contributed by atoms with Crippen LogP contribution in [0, 0.1) is 13.8 Å². The molecule has 6 heteroatoms.